The van der Waals surface area contributed by atoms with E-state index >= 15 is 0 Å². The smallest absolute Gasteiger partial charge is 0.189 e. The van der Waals surface area contributed by atoms with Gasteiger partial charge in [0.25, 0.3) is 0 Å². The standard InChI is InChI=1S/C14H11BrFN5/c1-8-2-3-9(15)6-13(8)21-14(18-19-20-21)11-7-10(16)4-5-12(11)17/h2-7H,17H2,1H3. The molecule has 0 saturated heterocycles. The second kappa shape index (κ2) is 5.25. The molecule has 2 N–H and O–H groups in total. The van der Waals surface area contributed by atoms with Crippen molar-refractivity contribution >= 4 is 21.6 Å². The van der Waals surface area contributed by atoms with E-state index in [-0.39, 0.29) is 5.82 Å². The Morgan fingerprint density at radius 2 is 2.00 bits per heavy atom. The molecule has 0 radical (unpaired) electrons. The fraction of sp³-hybridized carbons (Fsp3) is 0.0714. The summed E-state index contributed by atoms with van der Waals surface area (Å²) in [7, 11) is 0. The molecule has 2 aromatic carbocycles. The monoisotopic (exact) mass is 347 g/mol. The van der Waals surface area contributed by atoms with Crippen LogP contribution in [0.25, 0.3) is 17.1 Å². The molecule has 0 amide bonds. The Bertz CT molecular complexity index is 749. The molecule has 0 unspecified atom stereocenters. The van der Waals surface area contributed by atoms with Crippen LogP contribution in [0, 0.1) is 12.7 Å². The van der Waals surface area contributed by atoms with Gasteiger partial charge < -0.3 is 5.73 Å². The molecule has 0 spiro atoms. The summed E-state index contributed by atoms with van der Waals surface area (Å²) >= 11 is 3.42. The lowest BCUT2D eigenvalue weighted by Gasteiger charge is -2.10. The molecule has 7 heteroatoms. The van der Waals surface area contributed by atoms with Crippen LogP contribution in [0.15, 0.2) is 40.9 Å². The molecule has 0 fully saturated rings. The van der Waals surface area contributed by atoms with Crippen molar-refractivity contribution in [2.75, 3.05) is 5.73 Å². The number of tetrazole rings is 1. The van der Waals surface area contributed by atoms with Gasteiger partial charge in [0.2, 0.25) is 0 Å². The molecule has 0 aliphatic carbocycles. The zero-order valence-electron chi connectivity index (χ0n) is 11.1. The summed E-state index contributed by atoms with van der Waals surface area (Å²) in [5, 5.41) is 11.7. The van der Waals surface area contributed by atoms with Gasteiger partial charge in [0.15, 0.2) is 5.82 Å². The highest BCUT2D eigenvalue weighted by Crippen LogP contribution is 2.28. The zero-order chi connectivity index (χ0) is 15.0. The second-order valence-corrected chi connectivity index (χ2v) is 5.49. The Morgan fingerprint density at radius 1 is 1.19 bits per heavy atom. The molecule has 0 saturated carbocycles. The van der Waals surface area contributed by atoms with Gasteiger partial charge in [-0.25, -0.2) is 4.39 Å². The van der Waals surface area contributed by atoms with Crippen LogP contribution in [-0.4, -0.2) is 20.2 Å². The Labute approximate surface area is 128 Å². The third kappa shape index (κ3) is 2.52. The predicted octanol–water partition coefficient (Wildman–Crippen LogP) is 3.12. The molecule has 0 aliphatic rings. The van der Waals surface area contributed by atoms with Gasteiger partial charge in [0, 0.05) is 15.7 Å². The first-order valence-corrected chi connectivity index (χ1v) is 6.96. The van der Waals surface area contributed by atoms with Crippen LogP contribution >= 0.6 is 15.9 Å². The number of rotatable bonds is 2. The molecule has 106 valence electrons. The van der Waals surface area contributed by atoms with E-state index in [0.29, 0.717) is 17.1 Å². The van der Waals surface area contributed by atoms with Crippen molar-refractivity contribution in [3.63, 3.8) is 0 Å². The maximum absolute atomic E-state index is 13.5. The number of hydrogen-bond donors (Lipinski definition) is 1. The summed E-state index contributed by atoms with van der Waals surface area (Å²) in [5.74, 6) is 0.00733. The number of benzene rings is 2. The van der Waals surface area contributed by atoms with E-state index in [0.717, 1.165) is 15.7 Å². The molecule has 3 rings (SSSR count). The molecule has 0 aliphatic heterocycles. The number of aryl methyl sites for hydroxylation is 1. The van der Waals surface area contributed by atoms with E-state index < -0.39 is 0 Å². The van der Waals surface area contributed by atoms with Crippen LogP contribution in [-0.2, 0) is 0 Å². The lowest BCUT2D eigenvalue weighted by molar-refractivity contribution is 0.628. The first-order valence-electron chi connectivity index (χ1n) is 6.16. The predicted molar refractivity (Wildman–Crippen MR) is 81.4 cm³/mol. The molecule has 0 atom stereocenters. The fourth-order valence-corrected chi connectivity index (χ4v) is 2.40. The largest absolute Gasteiger partial charge is 0.398 e. The molecule has 5 nitrogen and oxygen atoms in total. The minimum Gasteiger partial charge on any atom is -0.398 e. The van der Waals surface area contributed by atoms with E-state index in [1.807, 2.05) is 25.1 Å². The zero-order valence-corrected chi connectivity index (χ0v) is 12.7. The van der Waals surface area contributed by atoms with Gasteiger partial charge in [0.05, 0.1) is 5.69 Å². The van der Waals surface area contributed by atoms with E-state index in [1.54, 1.807) is 4.68 Å². The number of nitrogen functional groups attached to an aromatic ring is 1. The summed E-state index contributed by atoms with van der Waals surface area (Å²) in [5.41, 5.74) is 8.57. The SMILES string of the molecule is Cc1ccc(Br)cc1-n1nnnc1-c1cc(F)ccc1N. The lowest BCUT2D eigenvalue weighted by atomic mass is 10.1. The Hall–Kier alpha value is -2.28. The molecule has 3 aromatic rings. The van der Waals surface area contributed by atoms with Gasteiger partial charge in [0.1, 0.15) is 5.82 Å². The second-order valence-electron chi connectivity index (χ2n) is 4.58. The van der Waals surface area contributed by atoms with Crippen molar-refractivity contribution < 1.29 is 4.39 Å². The van der Waals surface area contributed by atoms with Crippen molar-refractivity contribution in [2.24, 2.45) is 0 Å². The first-order chi connectivity index (χ1) is 10.1. The van der Waals surface area contributed by atoms with E-state index in [1.165, 1.54) is 18.2 Å². The quantitative estimate of drug-likeness (QED) is 0.723. The molecule has 1 heterocycles. The number of aromatic nitrogens is 4. The average molecular weight is 348 g/mol. The van der Waals surface area contributed by atoms with Crippen LogP contribution in [0.4, 0.5) is 10.1 Å². The summed E-state index contributed by atoms with van der Waals surface area (Å²) in [6.07, 6.45) is 0. The van der Waals surface area contributed by atoms with Gasteiger partial charge in [-0.3, -0.25) is 0 Å². The van der Waals surface area contributed by atoms with Crippen molar-refractivity contribution in [2.45, 2.75) is 6.92 Å². The summed E-state index contributed by atoms with van der Waals surface area (Å²) in [6, 6.07) is 9.89. The van der Waals surface area contributed by atoms with Gasteiger partial charge in [-0.1, -0.05) is 22.0 Å². The summed E-state index contributed by atoms with van der Waals surface area (Å²) in [4.78, 5) is 0. The number of hydrogen-bond acceptors (Lipinski definition) is 4. The highest BCUT2D eigenvalue weighted by molar-refractivity contribution is 9.10. The molecular weight excluding hydrogens is 337 g/mol. The number of nitrogens with two attached hydrogens (primary N) is 1. The van der Waals surface area contributed by atoms with E-state index in [4.69, 9.17) is 5.73 Å². The Balaban J connectivity index is 2.22. The Kier molecular flexibility index (Phi) is 3.42. The van der Waals surface area contributed by atoms with Crippen LogP contribution in [0.2, 0.25) is 0 Å². The minimum atomic E-state index is -0.389. The molecule has 1 aromatic heterocycles. The molecular formula is C14H11BrFN5. The maximum atomic E-state index is 13.5. The minimum absolute atomic E-state index is 0.389. The topological polar surface area (TPSA) is 69.6 Å². The molecule has 21 heavy (non-hydrogen) atoms. The fourth-order valence-electron chi connectivity index (χ4n) is 2.05. The lowest BCUT2D eigenvalue weighted by Crippen LogP contribution is -2.04. The third-order valence-electron chi connectivity index (χ3n) is 3.13. The Morgan fingerprint density at radius 3 is 2.81 bits per heavy atom. The van der Waals surface area contributed by atoms with Crippen LogP contribution in [0.1, 0.15) is 5.56 Å². The van der Waals surface area contributed by atoms with E-state index in [2.05, 4.69) is 31.5 Å². The van der Waals surface area contributed by atoms with Gasteiger partial charge in [-0.05, 0) is 53.2 Å². The van der Waals surface area contributed by atoms with Crippen molar-refractivity contribution in [3.8, 4) is 17.1 Å². The van der Waals surface area contributed by atoms with Gasteiger partial charge in [-0.2, -0.15) is 4.68 Å². The van der Waals surface area contributed by atoms with Crippen molar-refractivity contribution in [1.29, 1.82) is 0 Å². The van der Waals surface area contributed by atoms with Crippen LogP contribution < -0.4 is 5.73 Å². The van der Waals surface area contributed by atoms with Crippen LogP contribution in [0.3, 0.4) is 0 Å². The first kappa shape index (κ1) is 13.7. The average Bonchev–Trinajstić information content (AvgIpc) is 2.93. The molecule has 0 bridgehead atoms. The van der Waals surface area contributed by atoms with Crippen molar-refractivity contribution in [3.05, 3.63) is 52.3 Å². The highest BCUT2D eigenvalue weighted by Gasteiger charge is 2.15. The summed E-state index contributed by atoms with van der Waals surface area (Å²) in [6.45, 7) is 1.95. The van der Waals surface area contributed by atoms with Gasteiger partial charge >= 0.3 is 0 Å². The maximum Gasteiger partial charge on any atom is 0.189 e. The highest BCUT2D eigenvalue weighted by atomic mass is 79.9. The van der Waals surface area contributed by atoms with Crippen molar-refractivity contribution in [1.82, 2.24) is 20.2 Å². The normalized spacial score (nSPS) is 10.8. The van der Waals surface area contributed by atoms with Gasteiger partial charge in [-0.15, -0.1) is 5.10 Å². The number of nitrogens with zero attached hydrogens (tertiary/aromatic N) is 4. The van der Waals surface area contributed by atoms with E-state index in [9.17, 15) is 4.39 Å². The summed E-state index contributed by atoms with van der Waals surface area (Å²) < 4.78 is 15.9. The number of halogens is 2. The third-order valence-corrected chi connectivity index (χ3v) is 3.62. The van der Waals surface area contributed by atoms with Crippen LogP contribution in [0.5, 0.6) is 0 Å². The number of anilines is 1.